The molecule has 0 bridgehead atoms. The van der Waals surface area contributed by atoms with Crippen molar-refractivity contribution in [3.63, 3.8) is 0 Å². The maximum atomic E-state index is 11.1. The SMILES string of the molecule is COC(=O)c1ccc(CSCCC(C)N)o1. The molecule has 4 nitrogen and oxygen atoms in total. The second kappa shape index (κ2) is 6.60. The van der Waals surface area contributed by atoms with E-state index in [0.717, 1.165) is 23.7 Å². The van der Waals surface area contributed by atoms with Crippen LogP contribution in [-0.2, 0) is 10.5 Å². The van der Waals surface area contributed by atoms with Crippen LogP contribution in [0.25, 0.3) is 0 Å². The molecule has 1 atom stereocenters. The molecule has 16 heavy (non-hydrogen) atoms. The monoisotopic (exact) mass is 243 g/mol. The molecular formula is C11H17NO3S. The van der Waals surface area contributed by atoms with E-state index in [0.29, 0.717) is 0 Å². The molecule has 0 aliphatic heterocycles. The van der Waals surface area contributed by atoms with Crippen LogP contribution in [-0.4, -0.2) is 24.9 Å². The molecule has 0 saturated carbocycles. The second-order valence-electron chi connectivity index (χ2n) is 3.58. The first-order valence-electron chi connectivity index (χ1n) is 5.14. The van der Waals surface area contributed by atoms with Gasteiger partial charge in [0.1, 0.15) is 5.76 Å². The van der Waals surface area contributed by atoms with E-state index in [1.165, 1.54) is 7.11 Å². The quantitative estimate of drug-likeness (QED) is 0.611. The molecule has 0 saturated heterocycles. The van der Waals surface area contributed by atoms with Gasteiger partial charge in [0.25, 0.3) is 0 Å². The van der Waals surface area contributed by atoms with E-state index in [2.05, 4.69) is 4.74 Å². The van der Waals surface area contributed by atoms with Crippen molar-refractivity contribution in [2.45, 2.75) is 25.1 Å². The van der Waals surface area contributed by atoms with Gasteiger partial charge >= 0.3 is 5.97 Å². The molecule has 0 aliphatic rings. The third kappa shape index (κ3) is 4.28. The molecule has 0 spiro atoms. The Morgan fingerprint density at radius 2 is 2.38 bits per heavy atom. The minimum absolute atomic E-state index is 0.231. The number of furan rings is 1. The van der Waals surface area contributed by atoms with Gasteiger partial charge in [0.2, 0.25) is 5.76 Å². The van der Waals surface area contributed by atoms with Crippen LogP contribution in [0, 0.1) is 0 Å². The number of thioether (sulfide) groups is 1. The Morgan fingerprint density at radius 1 is 1.62 bits per heavy atom. The van der Waals surface area contributed by atoms with Crippen molar-refractivity contribution in [1.29, 1.82) is 0 Å². The maximum absolute atomic E-state index is 11.1. The van der Waals surface area contributed by atoms with E-state index in [-0.39, 0.29) is 11.8 Å². The molecule has 1 aromatic heterocycles. The standard InChI is InChI=1S/C11H17NO3S/c1-8(12)5-6-16-7-9-3-4-10(15-9)11(13)14-2/h3-4,8H,5-7,12H2,1-2H3. The lowest BCUT2D eigenvalue weighted by atomic mass is 10.3. The topological polar surface area (TPSA) is 65.5 Å². The number of nitrogens with two attached hydrogens (primary N) is 1. The first-order chi connectivity index (χ1) is 7.63. The summed E-state index contributed by atoms with van der Waals surface area (Å²) in [6.07, 6.45) is 0.981. The van der Waals surface area contributed by atoms with Gasteiger partial charge in [-0.3, -0.25) is 0 Å². The van der Waals surface area contributed by atoms with Gasteiger partial charge < -0.3 is 14.9 Å². The van der Waals surface area contributed by atoms with Crippen LogP contribution in [0.3, 0.4) is 0 Å². The Bertz CT molecular complexity index is 336. The lowest BCUT2D eigenvalue weighted by Crippen LogP contribution is -2.15. The van der Waals surface area contributed by atoms with Crippen molar-refractivity contribution in [3.8, 4) is 0 Å². The van der Waals surface area contributed by atoms with Crippen LogP contribution in [0.2, 0.25) is 0 Å². The van der Waals surface area contributed by atoms with Crippen LogP contribution in [0.5, 0.6) is 0 Å². The van der Waals surface area contributed by atoms with Crippen LogP contribution >= 0.6 is 11.8 Å². The minimum atomic E-state index is -0.438. The molecule has 0 aromatic carbocycles. The number of carbonyl (C=O) groups excluding carboxylic acids is 1. The molecular weight excluding hydrogens is 226 g/mol. The number of methoxy groups -OCH3 is 1. The zero-order valence-corrected chi connectivity index (χ0v) is 10.4. The minimum Gasteiger partial charge on any atom is -0.463 e. The van der Waals surface area contributed by atoms with Crippen molar-refractivity contribution in [1.82, 2.24) is 0 Å². The van der Waals surface area contributed by atoms with E-state index in [4.69, 9.17) is 10.2 Å². The number of esters is 1. The molecule has 1 rings (SSSR count). The number of hydrogen-bond acceptors (Lipinski definition) is 5. The van der Waals surface area contributed by atoms with Crippen molar-refractivity contribution in [2.75, 3.05) is 12.9 Å². The van der Waals surface area contributed by atoms with E-state index < -0.39 is 5.97 Å². The zero-order chi connectivity index (χ0) is 12.0. The molecule has 0 fully saturated rings. The number of ether oxygens (including phenoxy) is 1. The fraction of sp³-hybridized carbons (Fsp3) is 0.545. The summed E-state index contributed by atoms with van der Waals surface area (Å²) >= 11 is 1.74. The van der Waals surface area contributed by atoms with Crippen molar-refractivity contribution in [3.05, 3.63) is 23.7 Å². The summed E-state index contributed by atoms with van der Waals surface area (Å²) in [5, 5.41) is 0. The molecule has 1 aromatic rings. The van der Waals surface area contributed by atoms with Gasteiger partial charge in [0, 0.05) is 6.04 Å². The average molecular weight is 243 g/mol. The second-order valence-corrected chi connectivity index (χ2v) is 4.68. The third-order valence-electron chi connectivity index (χ3n) is 2.01. The molecule has 5 heteroatoms. The number of rotatable bonds is 6. The highest BCUT2D eigenvalue weighted by Crippen LogP contribution is 2.16. The van der Waals surface area contributed by atoms with E-state index in [1.54, 1.807) is 23.9 Å². The van der Waals surface area contributed by atoms with Crippen molar-refractivity contribution >= 4 is 17.7 Å². The highest BCUT2D eigenvalue weighted by Gasteiger charge is 2.10. The van der Waals surface area contributed by atoms with Gasteiger partial charge in [0.05, 0.1) is 12.9 Å². The summed E-state index contributed by atoms with van der Waals surface area (Å²) in [4.78, 5) is 11.1. The van der Waals surface area contributed by atoms with E-state index >= 15 is 0 Å². The Morgan fingerprint density at radius 3 is 3.00 bits per heavy atom. The highest BCUT2D eigenvalue weighted by atomic mass is 32.2. The van der Waals surface area contributed by atoms with Crippen LogP contribution in [0.4, 0.5) is 0 Å². The normalized spacial score (nSPS) is 12.4. The maximum Gasteiger partial charge on any atom is 0.373 e. The predicted octanol–water partition coefficient (Wildman–Crippen LogP) is 2.04. The van der Waals surface area contributed by atoms with Gasteiger partial charge in [-0.2, -0.15) is 11.8 Å². The Labute approximate surface area is 99.5 Å². The van der Waals surface area contributed by atoms with Crippen molar-refractivity contribution < 1.29 is 13.9 Å². The van der Waals surface area contributed by atoms with Crippen LogP contribution < -0.4 is 5.73 Å². The lowest BCUT2D eigenvalue weighted by molar-refractivity contribution is 0.0563. The molecule has 0 radical (unpaired) electrons. The summed E-state index contributed by atoms with van der Waals surface area (Å²) in [7, 11) is 1.34. The average Bonchev–Trinajstić information content (AvgIpc) is 2.71. The molecule has 0 amide bonds. The summed E-state index contributed by atoms with van der Waals surface area (Å²) < 4.78 is 9.87. The fourth-order valence-corrected chi connectivity index (χ4v) is 2.15. The molecule has 1 unspecified atom stereocenters. The van der Waals surface area contributed by atoms with Gasteiger partial charge in [-0.15, -0.1) is 0 Å². The molecule has 2 N–H and O–H groups in total. The van der Waals surface area contributed by atoms with E-state index in [9.17, 15) is 4.79 Å². The van der Waals surface area contributed by atoms with Gasteiger partial charge in [0.15, 0.2) is 0 Å². The Hall–Kier alpha value is -0.940. The Balaban J connectivity index is 2.32. The molecule has 1 heterocycles. The number of hydrogen-bond donors (Lipinski definition) is 1. The highest BCUT2D eigenvalue weighted by molar-refractivity contribution is 7.98. The molecule has 90 valence electrons. The lowest BCUT2D eigenvalue weighted by Gasteiger charge is -2.02. The third-order valence-corrected chi connectivity index (χ3v) is 3.02. The summed E-state index contributed by atoms with van der Waals surface area (Å²) in [5.74, 6) is 2.35. The van der Waals surface area contributed by atoms with E-state index in [1.807, 2.05) is 6.92 Å². The largest absolute Gasteiger partial charge is 0.463 e. The zero-order valence-electron chi connectivity index (χ0n) is 9.56. The van der Waals surface area contributed by atoms with Gasteiger partial charge in [-0.1, -0.05) is 0 Å². The van der Waals surface area contributed by atoms with Crippen LogP contribution in [0.15, 0.2) is 16.5 Å². The summed E-state index contributed by atoms with van der Waals surface area (Å²) in [5.41, 5.74) is 5.64. The first-order valence-corrected chi connectivity index (χ1v) is 6.29. The number of carbonyl (C=O) groups is 1. The summed E-state index contributed by atoms with van der Waals surface area (Å²) in [6.45, 7) is 1.99. The Kier molecular flexibility index (Phi) is 5.42. The molecule has 0 aliphatic carbocycles. The van der Waals surface area contributed by atoms with Crippen LogP contribution in [0.1, 0.15) is 29.7 Å². The van der Waals surface area contributed by atoms with Gasteiger partial charge in [-0.05, 0) is 31.2 Å². The van der Waals surface area contributed by atoms with Crippen molar-refractivity contribution in [2.24, 2.45) is 5.73 Å². The first kappa shape index (κ1) is 13.1. The fourth-order valence-electron chi connectivity index (χ4n) is 1.11. The van der Waals surface area contributed by atoms with Gasteiger partial charge in [-0.25, -0.2) is 4.79 Å². The smallest absolute Gasteiger partial charge is 0.373 e. The predicted molar refractivity (Wildman–Crippen MR) is 64.5 cm³/mol. The summed E-state index contributed by atoms with van der Waals surface area (Å²) in [6, 6.07) is 3.66.